The molecule has 3 heterocycles. The zero-order valence-electron chi connectivity index (χ0n) is 19.0. The molecule has 9 heteroatoms. The van der Waals surface area contributed by atoms with Crippen LogP contribution in [-0.2, 0) is 16.1 Å². The summed E-state index contributed by atoms with van der Waals surface area (Å²) >= 11 is 0. The first-order valence-corrected chi connectivity index (χ1v) is 11.9. The molecular weight excluding hydrogens is 418 g/mol. The Morgan fingerprint density at radius 2 is 1.91 bits per heavy atom. The van der Waals surface area contributed by atoms with Gasteiger partial charge in [-0.25, -0.2) is 0 Å². The third-order valence-electron chi connectivity index (χ3n) is 6.50. The van der Waals surface area contributed by atoms with E-state index in [1.54, 1.807) is 0 Å². The van der Waals surface area contributed by atoms with Gasteiger partial charge in [0.05, 0.1) is 6.20 Å². The summed E-state index contributed by atoms with van der Waals surface area (Å²) in [7, 11) is 0. The number of carbonyl (C=O) groups is 1. The number of aromatic nitrogens is 4. The molecule has 0 bridgehead atoms. The van der Waals surface area contributed by atoms with Crippen molar-refractivity contribution in [3.8, 4) is 0 Å². The molecule has 3 N–H and O–H groups in total. The summed E-state index contributed by atoms with van der Waals surface area (Å²) in [5.41, 5.74) is 3.97. The van der Waals surface area contributed by atoms with Crippen molar-refractivity contribution in [2.24, 2.45) is 0 Å². The Bertz CT molecular complexity index is 1100. The van der Waals surface area contributed by atoms with Crippen LogP contribution in [0.4, 0.5) is 17.6 Å². The average molecular weight is 450 g/mol. The van der Waals surface area contributed by atoms with E-state index in [2.05, 4.69) is 21.0 Å². The summed E-state index contributed by atoms with van der Waals surface area (Å²) in [5.74, 6) is 1.85. The molecule has 9 nitrogen and oxygen atoms in total. The average Bonchev–Trinajstić information content (AvgIpc) is 3.21. The van der Waals surface area contributed by atoms with Crippen LogP contribution in [0.25, 0.3) is 5.65 Å². The van der Waals surface area contributed by atoms with Gasteiger partial charge in [0.2, 0.25) is 17.8 Å². The Morgan fingerprint density at radius 1 is 1.12 bits per heavy atom. The van der Waals surface area contributed by atoms with Crippen molar-refractivity contribution in [2.45, 2.75) is 64.0 Å². The van der Waals surface area contributed by atoms with Crippen molar-refractivity contribution in [2.75, 3.05) is 29.2 Å². The number of ether oxygens (including phenoxy) is 1. The Hall–Kier alpha value is -3.20. The van der Waals surface area contributed by atoms with E-state index in [1.165, 1.54) is 24.8 Å². The fraction of sp³-hybridized carbons (Fsp3) is 0.500. The normalized spacial score (nSPS) is 17.0. The van der Waals surface area contributed by atoms with Gasteiger partial charge in [0.25, 0.3) is 0 Å². The largest absolute Gasteiger partial charge is 0.381 e. The fourth-order valence-corrected chi connectivity index (χ4v) is 4.24. The number of benzene rings is 1. The van der Waals surface area contributed by atoms with E-state index in [0.717, 1.165) is 43.0 Å². The maximum Gasteiger partial charge on any atom is 0.229 e. The van der Waals surface area contributed by atoms with Gasteiger partial charge in [-0.1, -0.05) is 25.5 Å². The molecule has 33 heavy (non-hydrogen) atoms. The van der Waals surface area contributed by atoms with Crippen LogP contribution in [0.15, 0.2) is 30.5 Å². The first-order chi connectivity index (χ1) is 16.2. The number of hydrogen-bond donors (Lipinski definition) is 3. The van der Waals surface area contributed by atoms with Crippen LogP contribution in [0.3, 0.4) is 0 Å². The van der Waals surface area contributed by atoms with Crippen LogP contribution in [0, 0.1) is 0 Å². The van der Waals surface area contributed by atoms with Crippen LogP contribution in [0.5, 0.6) is 0 Å². The summed E-state index contributed by atoms with van der Waals surface area (Å²) in [6.45, 7) is 3.95. The van der Waals surface area contributed by atoms with Crippen molar-refractivity contribution in [3.63, 3.8) is 0 Å². The lowest BCUT2D eigenvalue weighted by Crippen LogP contribution is -2.29. The second-order valence-corrected chi connectivity index (χ2v) is 8.82. The van der Waals surface area contributed by atoms with Gasteiger partial charge in [-0.05, 0) is 49.3 Å². The first kappa shape index (κ1) is 21.6. The molecule has 1 saturated carbocycles. The zero-order chi connectivity index (χ0) is 22.6. The molecule has 5 rings (SSSR count). The standard InChI is InChI=1S/C24H31N7O2/c1-2-21(32)27-18-8-6-16(7-9-18)14-25-24-30-23(28-19-10-12-33-13-11-19)29-22-20(15-26-31(22)24)17-4-3-5-17/h6-9,15,17,19H,2-5,10-14H2,1H3,(H,27,32)(H2,25,28,29,30). The Kier molecular flexibility index (Phi) is 6.39. The molecule has 1 amide bonds. The molecule has 2 aromatic heterocycles. The SMILES string of the molecule is CCC(=O)Nc1ccc(CNc2nc(NC3CCOCC3)nc3c(C4CCC4)cnn23)cc1. The Labute approximate surface area is 193 Å². The van der Waals surface area contributed by atoms with E-state index >= 15 is 0 Å². The molecule has 1 aromatic carbocycles. The summed E-state index contributed by atoms with van der Waals surface area (Å²) in [6.07, 6.45) is 7.96. The topological polar surface area (TPSA) is 105 Å². The van der Waals surface area contributed by atoms with Gasteiger partial charge in [-0.3, -0.25) is 4.79 Å². The van der Waals surface area contributed by atoms with E-state index < -0.39 is 0 Å². The third kappa shape index (κ3) is 4.93. The minimum atomic E-state index is 0.00904. The minimum Gasteiger partial charge on any atom is -0.381 e. The van der Waals surface area contributed by atoms with Gasteiger partial charge in [0.15, 0.2) is 5.65 Å². The number of hydrogen-bond acceptors (Lipinski definition) is 7. The van der Waals surface area contributed by atoms with E-state index in [1.807, 2.05) is 41.9 Å². The molecule has 2 fully saturated rings. The quantitative estimate of drug-likeness (QED) is 0.478. The highest BCUT2D eigenvalue weighted by Crippen LogP contribution is 2.38. The second-order valence-electron chi connectivity index (χ2n) is 8.82. The Morgan fingerprint density at radius 3 is 2.61 bits per heavy atom. The number of nitrogens with one attached hydrogen (secondary N) is 3. The number of amides is 1. The number of fused-ring (bicyclic) bond motifs is 1. The molecule has 0 atom stereocenters. The van der Waals surface area contributed by atoms with E-state index in [-0.39, 0.29) is 5.91 Å². The lowest BCUT2D eigenvalue weighted by atomic mass is 9.81. The van der Waals surface area contributed by atoms with Crippen LogP contribution in [-0.4, -0.2) is 44.7 Å². The summed E-state index contributed by atoms with van der Waals surface area (Å²) in [6, 6.07) is 8.15. The monoisotopic (exact) mass is 449 g/mol. The first-order valence-electron chi connectivity index (χ1n) is 11.9. The smallest absolute Gasteiger partial charge is 0.229 e. The van der Waals surface area contributed by atoms with Crippen molar-refractivity contribution < 1.29 is 9.53 Å². The number of anilines is 3. The molecule has 3 aromatic rings. The van der Waals surface area contributed by atoms with Crippen LogP contribution in [0.1, 0.15) is 62.5 Å². The van der Waals surface area contributed by atoms with Gasteiger partial charge in [-0.2, -0.15) is 19.6 Å². The van der Waals surface area contributed by atoms with Gasteiger partial charge < -0.3 is 20.7 Å². The molecule has 0 radical (unpaired) electrons. The van der Waals surface area contributed by atoms with Crippen LogP contribution in [0.2, 0.25) is 0 Å². The summed E-state index contributed by atoms with van der Waals surface area (Å²) < 4.78 is 7.30. The van der Waals surface area contributed by atoms with Crippen molar-refractivity contribution >= 4 is 29.1 Å². The van der Waals surface area contributed by atoms with Crippen molar-refractivity contribution in [1.29, 1.82) is 0 Å². The predicted octanol–water partition coefficient (Wildman–Crippen LogP) is 3.94. The fourth-order valence-electron chi connectivity index (χ4n) is 4.24. The van der Waals surface area contributed by atoms with E-state index in [4.69, 9.17) is 14.7 Å². The highest BCUT2D eigenvalue weighted by Gasteiger charge is 2.25. The third-order valence-corrected chi connectivity index (χ3v) is 6.50. The van der Waals surface area contributed by atoms with Gasteiger partial charge in [0.1, 0.15) is 0 Å². The molecule has 2 aliphatic rings. The highest BCUT2D eigenvalue weighted by molar-refractivity contribution is 5.90. The lowest BCUT2D eigenvalue weighted by Gasteiger charge is -2.25. The molecule has 1 aliphatic carbocycles. The maximum absolute atomic E-state index is 11.6. The zero-order valence-corrected chi connectivity index (χ0v) is 19.0. The predicted molar refractivity (Wildman–Crippen MR) is 128 cm³/mol. The lowest BCUT2D eigenvalue weighted by molar-refractivity contribution is -0.115. The Balaban J connectivity index is 1.36. The highest BCUT2D eigenvalue weighted by atomic mass is 16.5. The van der Waals surface area contributed by atoms with E-state index in [0.29, 0.717) is 36.8 Å². The molecule has 174 valence electrons. The number of carbonyl (C=O) groups excluding carboxylic acids is 1. The van der Waals surface area contributed by atoms with Gasteiger partial charge >= 0.3 is 0 Å². The van der Waals surface area contributed by atoms with Gasteiger partial charge in [-0.15, -0.1) is 0 Å². The number of nitrogens with zero attached hydrogens (tertiary/aromatic N) is 4. The molecule has 0 unspecified atom stereocenters. The van der Waals surface area contributed by atoms with Gasteiger partial charge in [0, 0.05) is 43.5 Å². The molecule has 0 spiro atoms. The second kappa shape index (κ2) is 9.74. The number of rotatable bonds is 8. The maximum atomic E-state index is 11.6. The van der Waals surface area contributed by atoms with E-state index in [9.17, 15) is 4.79 Å². The van der Waals surface area contributed by atoms with Crippen LogP contribution < -0.4 is 16.0 Å². The molecule has 1 saturated heterocycles. The molecule has 1 aliphatic heterocycles. The van der Waals surface area contributed by atoms with Crippen molar-refractivity contribution in [1.82, 2.24) is 19.6 Å². The summed E-state index contributed by atoms with van der Waals surface area (Å²) in [4.78, 5) is 21.2. The molecular formula is C24H31N7O2. The summed E-state index contributed by atoms with van der Waals surface area (Å²) in [5, 5.41) is 14.4. The van der Waals surface area contributed by atoms with Crippen molar-refractivity contribution in [3.05, 3.63) is 41.6 Å². The van der Waals surface area contributed by atoms with Crippen LogP contribution >= 0.6 is 0 Å². The minimum absolute atomic E-state index is 0.00904.